The maximum Gasteiger partial charge on any atom is 0.191 e. The van der Waals surface area contributed by atoms with Crippen LogP contribution in [0.4, 0.5) is 0 Å². The molecule has 0 aliphatic carbocycles. The number of nitrogens with zero attached hydrogens (tertiary/aromatic N) is 2. The van der Waals surface area contributed by atoms with Crippen molar-refractivity contribution in [3.8, 4) is 0 Å². The van der Waals surface area contributed by atoms with E-state index in [9.17, 15) is 0 Å². The molecule has 2 N–H and O–H groups in total. The minimum absolute atomic E-state index is 0. The zero-order chi connectivity index (χ0) is 17.7. The molecule has 0 unspecified atom stereocenters. The molecule has 0 spiro atoms. The number of guanidine groups is 1. The lowest BCUT2D eigenvalue weighted by atomic mass is 10.1. The fourth-order valence-corrected chi connectivity index (χ4v) is 2.43. The van der Waals surface area contributed by atoms with Crippen LogP contribution < -0.4 is 10.6 Å². The molecule has 26 heavy (non-hydrogen) atoms. The van der Waals surface area contributed by atoms with E-state index in [0.29, 0.717) is 26.4 Å². The number of fused-ring (bicyclic) bond motifs is 1. The van der Waals surface area contributed by atoms with Gasteiger partial charge in [0.15, 0.2) is 5.96 Å². The summed E-state index contributed by atoms with van der Waals surface area (Å²) in [6, 6.07) is 10.3. The summed E-state index contributed by atoms with van der Waals surface area (Å²) in [6.45, 7) is 6.21. The molecule has 0 aliphatic rings. The second-order valence-corrected chi connectivity index (χ2v) is 5.56. The van der Waals surface area contributed by atoms with Gasteiger partial charge in [-0.1, -0.05) is 24.3 Å². The highest BCUT2D eigenvalue weighted by Crippen LogP contribution is 2.16. The van der Waals surface area contributed by atoms with Crippen LogP contribution in [0.1, 0.15) is 19.0 Å². The summed E-state index contributed by atoms with van der Waals surface area (Å²) < 4.78 is 10.4. The summed E-state index contributed by atoms with van der Waals surface area (Å²) in [7, 11) is 1.68. The fraction of sp³-hybridized carbons (Fsp3) is 0.474. The Kier molecular flexibility index (Phi) is 11.9. The number of methoxy groups -OCH3 is 1. The van der Waals surface area contributed by atoms with Gasteiger partial charge in [0, 0.05) is 38.4 Å². The maximum absolute atomic E-state index is 5.46. The van der Waals surface area contributed by atoms with Crippen LogP contribution in [0.15, 0.2) is 41.5 Å². The van der Waals surface area contributed by atoms with Crippen molar-refractivity contribution < 1.29 is 9.47 Å². The van der Waals surface area contributed by atoms with Gasteiger partial charge in [0.25, 0.3) is 0 Å². The Bertz CT molecular complexity index is 662. The van der Waals surface area contributed by atoms with Crippen molar-refractivity contribution in [3.63, 3.8) is 0 Å². The number of nitrogens with one attached hydrogen (secondary N) is 2. The Labute approximate surface area is 172 Å². The van der Waals surface area contributed by atoms with Crippen molar-refractivity contribution in [2.45, 2.75) is 19.9 Å². The van der Waals surface area contributed by atoms with Gasteiger partial charge < -0.3 is 20.1 Å². The van der Waals surface area contributed by atoms with Crippen LogP contribution in [-0.2, 0) is 16.0 Å². The molecule has 144 valence electrons. The van der Waals surface area contributed by atoms with Gasteiger partial charge in [-0.05, 0) is 24.8 Å². The quantitative estimate of drug-likeness (QED) is 0.241. The highest BCUT2D eigenvalue weighted by molar-refractivity contribution is 14.0. The van der Waals surface area contributed by atoms with E-state index in [4.69, 9.17) is 9.47 Å². The third kappa shape index (κ3) is 7.84. The van der Waals surface area contributed by atoms with Gasteiger partial charge in [0.1, 0.15) is 0 Å². The van der Waals surface area contributed by atoms with Crippen LogP contribution in [0.25, 0.3) is 10.8 Å². The van der Waals surface area contributed by atoms with E-state index >= 15 is 0 Å². The van der Waals surface area contributed by atoms with E-state index in [-0.39, 0.29) is 24.0 Å². The summed E-state index contributed by atoms with van der Waals surface area (Å²) in [6.07, 6.45) is 2.76. The second-order valence-electron chi connectivity index (χ2n) is 5.56. The summed E-state index contributed by atoms with van der Waals surface area (Å²) in [5.41, 5.74) is 0.984. The molecule has 0 saturated carbocycles. The van der Waals surface area contributed by atoms with Crippen LogP contribution in [0.3, 0.4) is 0 Å². The standard InChI is InChI=1S/C19H28N4O2.HI/c1-3-20-19(22-10-6-12-25-14-13-24-2)23-15-18-17-8-5-4-7-16(17)9-11-21-18;/h4-5,7-9,11H,3,6,10,12-15H2,1-2H3,(H2,20,22,23);1H. The van der Waals surface area contributed by atoms with E-state index in [1.54, 1.807) is 7.11 Å². The van der Waals surface area contributed by atoms with Crippen LogP contribution in [-0.4, -0.2) is 51.0 Å². The van der Waals surface area contributed by atoms with E-state index in [1.807, 2.05) is 24.4 Å². The summed E-state index contributed by atoms with van der Waals surface area (Å²) >= 11 is 0. The number of pyridine rings is 1. The van der Waals surface area contributed by atoms with E-state index in [2.05, 4.69) is 39.7 Å². The SMILES string of the molecule is CCNC(=NCc1nccc2ccccc12)NCCCOCCOC.I. The van der Waals surface area contributed by atoms with Crippen LogP contribution in [0.2, 0.25) is 0 Å². The predicted molar refractivity (Wildman–Crippen MR) is 117 cm³/mol. The largest absolute Gasteiger partial charge is 0.382 e. The van der Waals surface area contributed by atoms with Gasteiger partial charge in [-0.3, -0.25) is 4.98 Å². The third-order valence-electron chi connectivity index (χ3n) is 3.68. The zero-order valence-electron chi connectivity index (χ0n) is 15.5. The molecule has 7 heteroatoms. The molecule has 0 saturated heterocycles. The molecule has 0 amide bonds. The minimum atomic E-state index is 0. The molecule has 0 radical (unpaired) electrons. The predicted octanol–water partition coefficient (Wildman–Crippen LogP) is 2.96. The number of ether oxygens (including phenoxy) is 2. The maximum atomic E-state index is 5.46. The van der Waals surface area contributed by atoms with Gasteiger partial charge in [0.2, 0.25) is 0 Å². The molecular weight excluding hydrogens is 443 g/mol. The Balaban J connectivity index is 0.00000338. The lowest BCUT2D eigenvalue weighted by Gasteiger charge is -2.11. The van der Waals surface area contributed by atoms with Crippen molar-refractivity contribution in [1.82, 2.24) is 15.6 Å². The lowest BCUT2D eigenvalue weighted by Crippen LogP contribution is -2.38. The molecule has 1 aromatic carbocycles. The molecule has 0 atom stereocenters. The van der Waals surface area contributed by atoms with Crippen molar-refractivity contribution >= 4 is 40.7 Å². The van der Waals surface area contributed by atoms with Gasteiger partial charge in [-0.25, -0.2) is 4.99 Å². The Morgan fingerprint density at radius 3 is 2.77 bits per heavy atom. The fourth-order valence-electron chi connectivity index (χ4n) is 2.43. The molecule has 6 nitrogen and oxygen atoms in total. The average Bonchev–Trinajstić information content (AvgIpc) is 2.65. The van der Waals surface area contributed by atoms with Gasteiger partial charge >= 0.3 is 0 Å². The first-order chi connectivity index (χ1) is 12.3. The Morgan fingerprint density at radius 2 is 1.96 bits per heavy atom. The van der Waals surface area contributed by atoms with Gasteiger partial charge in [-0.2, -0.15) is 0 Å². The summed E-state index contributed by atoms with van der Waals surface area (Å²) in [5, 5.41) is 8.93. The topological polar surface area (TPSA) is 67.8 Å². The minimum Gasteiger partial charge on any atom is -0.382 e. The molecule has 2 aromatic rings. The number of rotatable bonds is 10. The molecule has 0 fully saturated rings. The average molecular weight is 472 g/mol. The smallest absolute Gasteiger partial charge is 0.191 e. The van der Waals surface area contributed by atoms with Gasteiger partial charge in [-0.15, -0.1) is 24.0 Å². The highest BCUT2D eigenvalue weighted by atomic mass is 127. The van der Waals surface area contributed by atoms with E-state index in [1.165, 1.54) is 5.39 Å². The molecule has 1 heterocycles. The monoisotopic (exact) mass is 472 g/mol. The normalized spacial score (nSPS) is 11.2. The summed E-state index contributed by atoms with van der Waals surface area (Å²) in [5.74, 6) is 0.800. The number of hydrogen-bond acceptors (Lipinski definition) is 4. The molecule has 0 aliphatic heterocycles. The Morgan fingerprint density at radius 1 is 1.12 bits per heavy atom. The molecular formula is C19H29IN4O2. The molecule has 1 aromatic heterocycles. The summed E-state index contributed by atoms with van der Waals surface area (Å²) in [4.78, 5) is 9.13. The molecule has 0 bridgehead atoms. The van der Waals surface area contributed by atoms with Crippen LogP contribution >= 0.6 is 24.0 Å². The number of benzene rings is 1. The second kappa shape index (κ2) is 13.7. The van der Waals surface area contributed by atoms with Gasteiger partial charge in [0.05, 0.1) is 25.5 Å². The van der Waals surface area contributed by atoms with Crippen LogP contribution in [0, 0.1) is 0 Å². The highest BCUT2D eigenvalue weighted by Gasteiger charge is 2.02. The lowest BCUT2D eigenvalue weighted by molar-refractivity contribution is 0.0698. The number of hydrogen-bond donors (Lipinski definition) is 2. The number of aromatic nitrogens is 1. The van der Waals surface area contributed by atoms with E-state index in [0.717, 1.165) is 36.6 Å². The van der Waals surface area contributed by atoms with E-state index < -0.39 is 0 Å². The Hall–Kier alpha value is -1.45. The third-order valence-corrected chi connectivity index (χ3v) is 3.68. The van der Waals surface area contributed by atoms with Crippen molar-refractivity contribution in [1.29, 1.82) is 0 Å². The number of halogens is 1. The van der Waals surface area contributed by atoms with Crippen LogP contribution in [0.5, 0.6) is 0 Å². The van der Waals surface area contributed by atoms with Crippen molar-refractivity contribution in [3.05, 3.63) is 42.2 Å². The number of aliphatic imine (C=N–C) groups is 1. The first-order valence-electron chi connectivity index (χ1n) is 8.76. The first-order valence-corrected chi connectivity index (χ1v) is 8.76. The zero-order valence-corrected chi connectivity index (χ0v) is 17.9. The van der Waals surface area contributed by atoms with Crippen molar-refractivity contribution in [2.24, 2.45) is 4.99 Å². The van der Waals surface area contributed by atoms with Crippen molar-refractivity contribution in [2.75, 3.05) is 40.0 Å². The molecule has 2 rings (SSSR count). The first kappa shape index (κ1) is 22.6.